The van der Waals surface area contributed by atoms with Gasteiger partial charge >= 0.3 is 0 Å². The first kappa shape index (κ1) is 18.7. The first-order chi connectivity index (χ1) is 14.1. The van der Waals surface area contributed by atoms with Crippen molar-refractivity contribution in [3.8, 4) is 22.4 Å². The molecule has 0 fully saturated rings. The maximum Gasteiger partial charge on any atom is 0.222 e. The third-order valence-corrected chi connectivity index (χ3v) is 4.42. The number of rotatable bonds is 5. The summed E-state index contributed by atoms with van der Waals surface area (Å²) in [6.45, 7) is 0.418. The first-order valence-corrected chi connectivity index (χ1v) is 9.01. The van der Waals surface area contributed by atoms with E-state index in [2.05, 4.69) is 30.2 Å². The van der Waals surface area contributed by atoms with Gasteiger partial charge in [-0.05, 0) is 30.3 Å². The fourth-order valence-corrected chi connectivity index (χ4v) is 3.02. The second-order valence-corrected chi connectivity index (χ2v) is 6.49. The summed E-state index contributed by atoms with van der Waals surface area (Å²) in [4.78, 5) is 21.2. The van der Waals surface area contributed by atoms with Gasteiger partial charge in [-0.1, -0.05) is 17.7 Å². The van der Waals surface area contributed by atoms with Gasteiger partial charge < -0.3 is 11.1 Å². The Labute approximate surface area is 170 Å². The topological polar surface area (TPSA) is 102 Å². The summed E-state index contributed by atoms with van der Waals surface area (Å²) >= 11 is 5.98. The van der Waals surface area contributed by atoms with Gasteiger partial charge in [-0.15, -0.1) is 0 Å². The van der Waals surface area contributed by atoms with Crippen molar-refractivity contribution in [2.45, 2.75) is 6.54 Å². The van der Waals surface area contributed by atoms with Crippen LogP contribution >= 0.6 is 11.6 Å². The molecule has 9 heteroatoms. The highest BCUT2D eigenvalue weighted by molar-refractivity contribution is 6.31. The van der Waals surface area contributed by atoms with Crippen molar-refractivity contribution in [1.29, 1.82) is 0 Å². The van der Waals surface area contributed by atoms with Gasteiger partial charge in [0.2, 0.25) is 5.95 Å². The van der Waals surface area contributed by atoms with Crippen molar-refractivity contribution in [3.63, 3.8) is 0 Å². The number of hydrogen-bond donors (Lipinski definition) is 2. The highest BCUT2D eigenvalue weighted by atomic mass is 35.5. The van der Waals surface area contributed by atoms with E-state index in [1.807, 2.05) is 18.2 Å². The Morgan fingerprint density at radius 3 is 2.59 bits per heavy atom. The summed E-state index contributed by atoms with van der Waals surface area (Å²) in [6, 6.07) is 9.99. The number of aromatic nitrogens is 5. The Balaban J connectivity index is 1.86. The molecule has 0 unspecified atom stereocenters. The zero-order chi connectivity index (χ0) is 20.2. The summed E-state index contributed by atoms with van der Waals surface area (Å²) in [5.41, 5.74) is 9.16. The second-order valence-electron chi connectivity index (χ2n) is 6.08. The van der Waals surface area contributed by atoms with Crippen LogP contribution in [0.2, 0.25) is 5.02 Å². The molecular formula is C20H15ClFN7. The SMILES string of the molecule is Nc1nc(NCc2ccccn2)c(-c2cncnc2)c(-c2ccc(F)c(Cl)c2)n1. The Bertz CT molecular complexity index is 1140. The van der Waals surface area contributed by atoms with Crippen LogP contribution in [0.1, 0.15) is 5.69 Å². The number of nitrogens with zero attached hydrogens (tertiary/aromatic N) is 5. The predicted octanol–water partition coefficient (Wildman–Crippen LogP) is 3.98. The van der Waals surface area contributed by atoms with E-state index in [1.165, 1.54) is 18.5 Å². The van der Waals surface area contributed by atoms with E-state index in [0.717, 1.165) is 5.69 Å². The Hall–Kier alpha value is -3.65. The van der Waals surface area contributed by atoms with Crippen LogP contribution in [0.4, 0.5) is 16.2 Å². The third-order valence-electron chi connectivity index (χ3n) is 4.13. The number of nitrogen functional groups attached to an aromatic ring is 1. The van der Waals surface area contributed by atoms with Crippen LogP contribution < -0.4 is 11.1 Å². The molecule has 0 saturated heterocycles. The number of anilines is 2. The van der Waals surface area contributed by atoms with Gasteiger partial charge in [-0.3, -0.25) is 4.98 Å². The lowest BCUT2D eigenvalue weighted by molar-refractivity contribution is 0.628. The van der Waals surface area contributed by atoms with Crippen molar-refractivity contribution in [1.82, 2.24) is 24.9 Å². The lowest BCUT2D eigenvalue weighted by Gasteiger charge is -2.16. The van der Waals surface area contributed by atoms with Crippen LogP contribution in [0.25, 0.3) is 22.4 Å². The van der Waals surface area contributed by atoms with Gasteiger partial charge in [0.1, 0.15) is 18.0 Å². The van der Waals surface area contributed by atoms with Crippen LogP contribution in [0.5, 0.6) is 0 Å². The van der Waals surface area contributed by atoms with E-state index < -0.39 is 5.82 Å². The zero-order valence-electron chi connectivity index (χ0n) is 15.0. The monoisotopic (exact) mass is 407 g/mol. The Kier molecular flexibility index (Phi) is 5.26. The average Bonchev–Trinajstić information content (AvgIpc) is 2.75. The van der Waals surface area contributed by atoms with E-state index >= 15 is 0 Å². The largest absolute Gasteiger partial charge is 0.368 e. The number of hydrogen-bond acceptors (Lipinski definition) is 7. The molecule has 0 aliphatic heterocycles. The smallest absolute Gasteiger partial charge is 0.222 e. The van der Waals surface area contributed by atoms with Gasteiger partial charge in [0.15, 0.2) is 0 Å². The molecule has 0 spiro atoms. The molecule has 0 radical (unpaired) electrons. The van der Waals surface area contributed by atoms with Crippen molar-refractivity contribution < 1.29 is 4.39 Å². The molecule has 1 aromatic carbocycles. The molecule has 0 aliphatic carbocycles. The van der Waals surface area contributed by atoms with Crippen molar-refractivity contribution >= 4 is 23.4 Å². The van der Waals surface area contributed by atoms with E-state index in [0.29, 0.717) is 34.7 Å². The normalized spacial score (nSPS) is 10.7. The van der Waals surface area contributed by atoms with E-state index in [9.17, 15) is 4.39 Å². The molecule has 0 amide bonds. The summed E-state index contributed by atoms with van der Waals surface area (Å²) < 4.78 is 13.7. The van der Waals surface area contributed by atoms with Crippen molar-refractivity contribution in [2.24, 2.45) is 0 Å². The highest BCUT2D eigenvalue weighted by Crippen LogP contribution is 2.37. The van der Waals surface area contributed by atoms with Crippen LogP contribution in [-0.2, 0) is 6.54 Å². The predicted molar refractivity (Wildman–Crippen MR) is 109 cm³/mol. The molecule has 0 aliphatic rings. The molecule has 0 saturated carbocycles. The second kappa shape index (κ2) is 8.15. The minimum absolute atomic E-state index is 0.0158. The molecule has 4 aromatic rings. The lowest BCUT2D eigenvalue weighted by atomic mass is 10.0. The first-order valence-electron chi connectivity index (χ1n) is 8.64. The molecule has 144 valence electrons. The van der Waals surface area contributed by atoms with Crippen LogP contribution in [-0.4, -0.2) is 24.9 Å². The fraction of sp³-hybridized carbons (Fsp3) is 0.0500. The number of pyridine rings is 1. The van der Waals surface area contributed by atoms with Crippen molar-refractivity contribution in [3.05, 3.63) is 77.8 Å². The molecule has 3 heterocycles. The maximum atomic E-state index is 13.7. The molecule has 0 atom stereocenters. The van der Waals surface area contributed by atoms with Crippen LogP contribution in [0.3, 0.4) is 0 Å². The number of halogens is 2. The van der Waals surface area contributed by atoms with Gasteiger partial charge in [0, 0.05) is 29.7 Å². The molecule has 3 N–H and O–H groups in total. The minimum Gasteiger partial charge on any atom is -0.368 e. The molecule has 29 heavy (non-hydrogen) atoms. The van der Waals surface area contributed by atoms with Gasteiger partial charge in [0.25, 0.3) is 0 Å². The lowest BCUT2D eigenvalue weighted by Crippen LogP contribution is -2.09. The highest BCUT2D eigenvalue weighted by Gasteiger charge is 2.18. The number of nitrogens with two attached hydrogens (primary N) is 1. The Morgan fingerprint density at radius 1 is 1.03 bits per heavy atom. The average molecular weight is 408 g/mol. The number of nitrogens with one attached hydrogen (secondary N) is 1. The third kappa shape index (κ3) is 4.12. The molecular weight excluding hydrogens is 393 g/mol. The summed E-state index contributed by atoms with van der Waals surface area (Å²) in [7, 11) is 0. The molecule has 4 rings (SSSR count). The fourth-order valence-electron chi connectivity index (χ4n) is 2.84. The van der Waals surface area contributed by atoms with Crippen LogP contribution in [0.15, 0.2) is 61.3 Å². The quantitative estimate of drug-likeness (QED) is 0.515. The van der Waals surface area contributed by atoms with Crippen LogP contribution in [0, 0.1) is 5.82 Å². The Morgan fingerprint density at radius 2 is 1.86 bits per heavy atom. The minimum atomic E-state index is -0.518. The van der Waals surface area contributed by atoms with E-state index in [-0.39, 0.29) is 11.0 Å². The number of benzene rings is 1. The van der Waals surface area contributed by atoms with Gasteiger partial charge in [0.05, 0.1) is 28.5 Å². The standard InChI is InChI=1S/C20H15ClFN7/c21-15-7-12(4-5-16(15)22)18-17(13-8-24-11-25-9-13)19(29-20(23)28-18)27-10-14-3-1-2-6-26-14/h1-9,11H,10H2,(H3,23,27,28,29). The van der Waals surface area contributed by atoms with Crippen molar-refractivity contribution in [2.75, 3.05) is 11.1 Å². The molecule has 0 bridgehead atoms. The summed E-state index contributed by atoms with van der Waals surface area (Å²) in [5, 5.41) is 3.23. The molecule has 7 nitrogen and oxygen atoms in total. The summed E-state index contributed by atoms with van der Waals surface area (Å²) in [5.74, 6) is 0.0218. The van der Waals surface area contributed by atoms with E-state index in [4.69, 9.17) is 17.3 Å². The summed E-state index contributed by atoms with van der Waals surface area (Å²) in [6.07, 6.45) is 6.42. The maximum absolute atomic E-state index is 13.7. The zero-order valence-corrected chi connectivity index (χ0v) is 15.8. The van der Waals surface area contributed by atoms with E-state index in [1.54, 1.807) is 24.7 Å². The van der Waals surface area contributed by atoms with Gasteiger partial charge in [-0.2, -0.15) is 4.98 Å². The van der Waals surface area contributed by atoms with Gasteiger partial charge in [-0.25, -0.2) is 19.3 Å². The molecule has 3 aromatic heterocycles.